The second-order valence-electron chi connectivity index (χ2n) is 6.77. The first-order valence-electron chi connectivity index (χ1n) is 8.87. The highest BCUT2D eigenvalue weighted by Gasteiger charge is 2.69. The number of likely N-dealkylation sites (tertiary alicyclic amines) is 1. The van der Waals surface area contributed by atoms with E-state index in [0.717, 1.165) is 9.78 Å². The van der Waals surface area contributed by atoms with Gasteiger partial charge in [0.1, 0.15) is 0 Å². The highest BCUT2D eigenvalue weighted by Crippen LogP contribution is 2.53. The number of fused-ring (bicyclic) bond motifs is 1. The van der Waals surface area contributed by atoms with Crippen LogP contribution in [0, 0.1) is 11.8 Å². The monoisotopic (exact) mass is 384 g/mol. The molecule has 2 fully saturated rings. The van der Waals surface area contributed by atoms with E-state index >= 15 is 0 Å². The molecule has 1 aromatic carbocycles. The van der Waals surface area contributed by atoms with E-state index in [1.54, 1.807) is 19.1 Å². The lowest BCUT2D eigenvalue weighted by Crippen LogP contribution is -2.53. The van der Waals surface area contributed by atoms with E-state index in [9.17, 15) is 14.4 Å². The van der Waals surface area contributed by atoms with Crippen LogP contribution in [0.2, 0.25) is 0 Å². The number of ether oxygens (including phenoxy) is 1. The lowest BCUT2D eigenvalue weighted by atomic mass is 9.75. The third-order valence-corrected chi connectivity index (χ3v) is 6.41. The third kappa shape index (κ3) is 2.45. The van der Waals surface area contributed by atoms with Crippen molar-refractivity contribution < 1.29 is 19.1 Å². The number of carbonyl (C=O) groups is 3. The summed E-state index contributed by atoms with van der Waals surface area (Å²) >= 11 is 1.50. The van der Waals surface area contributed by atoms with Crippen molar-refractivity contribution in [2.75, 3.05) is 13.7 Å². The maximum absolute atomic E-state index is 13.2. The fraction of sp³-hybridized carbons (Fsp3) is 0.350. The smallest absolute Gasteiger partial charge is 0.331 e. The molecule has 0 bridgehead atoms. The Bertz CT molecular complexity index is 883. The molecule has 27 heavy (non-hydrogen) atoms. The Morgan fingerprint density at radius 3 is 2.56 bits per heavy atom. The van der Waals surface area contributed by atoms with Crippen LogP contribution in [0.25, 0.3) is 0 Å². The summed E-state index contributed by atoms with van der Waals surface area (Å²) in [4.78, 5) is 41.3. The Balaban J connectivity index is 1.93. The highest BCUT2D eigenvalue weighted by molar-refractivity contribution is 7.10. The first-order valence-corrected chi connectivity index (χ1v) is 9.75. The fourth-order valence-electron chi connectivity index (χ4n) is 4.28. The van der Waals surface area contributed by atoms with Crippen LogP contribution in [0.15, 0.2) is 47.8 Å². The molecule has 0 radical (unpaired) electrons. The van der Waals surface area contributed by atoms with E-state index in [2.05, 4.69) is 5.32 Å². The first-order chi connectivity index (χ1) is 13.0. The van der Waals surface area contributed by atoms with Gasteiger partial charge >= 0.3 is 5.97 Å². The number of esters is 1. The van der Waals surface area contributed by atoms with Gasteiger partial charge in [-0.15, -0.1) is 11.3 Å². The summed E-state index contributed by atoms with van der Waals surface area (Å²) < 4.78 is 5.40. The van der Waals surface area contributed by atoms with E-state index in [4.69, 9.17) is 4.74 Å². The SMILES string of the molecule is CCOC(=O)[C@]1(c2ccccc2)N[C@H](c2cccs2)[C@H]2C(=O)N(C)C(=O)[C@H]21. The van der Waals surface area contributed by atoms with Crippen molar-refractivity contribution in [3.8, 4) is 0 Å². The van der Waals surface area contributed by atoms with Crippen molar-refractivity contribution in [3.05, 3.63) is 58.3 Å². The number of hydrogen-bond acceptors (Lipinski definition) is 6. The Morgan fingerprint density at radius 2 is 1.93 bits per heavy atom. The van der Waals surface area contributed by atoms with Crippen LogP contribution < -0.4 is 5.32 Å². The molecular weight excluding hydrogens is 364 g/mol. The minimum Gasteiger partial charge on any atom is -0.464 e. The van der Waals surface area contributed by atoms with Gasteiger partial charge in [0.05, 0.1) is 24.5 Å². The number of nitrogens with one attached hydrogen (secondary N) is 1. The molecule has 4 atom stereocenters. The van der Waals surface area contributed by atoms with Gasteiger partial charge < -0.3 is 4.74 Å². The predicted octanol–water partition coefficient (Wildman–Crippen LogP) is 2.08. The van der Waals surface area contributed by atoms with Gasteiger partial charge in [0.2, 0.25) is 11.8 Å². The van der Waals surface area contributed by atoms with Gasteiger partial charge in [0.15, 0.2) is 5.54 Å². The molecule has 6 nitrogen and oxygen atoms in total. The number of imide groups is 1. The lowest BCUT2D eigenvalue weighted by Gasteiger charge is -2.32. The number of nitrogens with zero attached hydrogens (tertiary/aromatic N) is 1. The molecule has 140 valence electrons. The van der Waals surface area contributed by atoms with Gasteiger partial charge in [0, 0.05) is 11.9 Å². The summed E-state index contributed by atoms with van der Waals surface area (Å²) in [6.07, 6.45) is 0. The fourth-order valence-corrected chi connectivity index (χ4v) is 5.10. The van der Waals surface area contributed by atoms with Gasteiger partial charge in [-0.05, 0) is 23.9 Å². The van der Waals surface area contributed by atoms with E-state index in [1.165, 1.54) is 18.4 Å². The van der Waals surface area contributed by atoms with Crippen molar-refractivity contribution in [1.82, 2.24) is 10.2 Å². The minimum absolute atomic E-state index is 0.189. The van der Waals surface area contributed by atoms with Gasteiger partial charge in [-0.2, -0.15) is 0 Å². The van der Waals surface area contributed by atoms with E-state index in [1.807, 2.05) is 35.7 Å². The summed E-state index contributed by atoms with van der Waals surface area (Å²) in [6, 6.07) is 12.5. The molecule has 0 spiro atoms. The number of rotatable bonds is 4. The zero-order valence-corrected chi connectivity index (χ0v) is 15.9. The normalized spacial score (nSPS) is 29.9. The molecule has 3 heterocycles. The molecule has 2 aliphatic heterocycles. The lowest BCUT2D eigenvalue weighted by molar-refractivity contribution is -0.156. The topological polar surface area (TPSA) is 75.7 Å². The van der Waals surface area contributed by atoms with E-state index in [0.29, 0.717) is 5.56 Å². The number of benzene rings is 1. The summed E-state index contributed by atoms with van der Waals surface area (Å²) in [7, 11) is 1.48. The second-order valence-corrected chi connectivity index (χ2v) is 7.75. The first kappa shape index (κ1) is 17.9. The largest absolute Gasteiger partial charge is 0.464 e. The summed E-state index contributed by atoms with van der Waals surface area (Å²) in [5, 5.41) is 5.28. The van der Waals surface area contributed by atoms with Gasteiger partial charge in [-0.3, -0.25) is 19.8 Å². The Kier molecular flexibility index (Phi) is 4.36. The molecule has 0 saturated carbocycles. The Labute approximate surface area is 161 Å². The highest BCUT2D eigenvalue weighted by atomic mass is 32.1. The zero-order valence-electron chi connectivity index (χ0n) is 15.0. The molecule has 7 heteroatoms. The minimum atomic E-state index is -1.39. The number of thiophene rings is 1. The van der Waals surface area contributed by atoms with E-state index in [-0.39, 0.29) is 18.4 Å². The van der Waals surface area contributed by atoms with Crippen molar-refractivity contribution in [2.24, 2.45) is 11.8 Å². The molecule has 1 aromatic heterocycles. The molecular formula is C20H20N2O4S. The molecule has 2 aromatic rings. The van der Waals surface area contributed by atoms with Crippen LogP contribution in [0.5, 0.6) is 0 Å². The number of carbonyl (C=O) groups excluding carboxylic acids is 3. The van der Waals surface area contributed by atoms with Crippen LogP contribution in [0.1, 0.15) is 23.4 Å². The number of hydrogen-bond donors (Lipinski definition) is 1. The van der Waals surface area contributed by atoms with Crippen LogP contribution in [0.4, 0.5) is 0 Å². The van der Waals surface area contributed by atoms with Crippen LogP contribution in [-0.2, 0) is 24.7 Å². The van der Waals surface area contributed by atoms with Crippen molar-refractivity contribution in [3.63, 3.8) is 0 Å². The summed E-state index contributed by atoms with van der Waals surface area (Å²) in [5.74, 6) is -2.64. The summed E-state index contributed by atoms with van der Waals surface area (Å²) in [6.45, 7) is 1.92. The molecule has 2 saturated heterocycles. The molecule has 4 rings (SSSR count). The molecule has 0 aliphatic carbocycles. The summed E-state index contributed by atoms with van der Waals surface area (Å²) in [5.41, 5.74) is -0.761. The Hall–Kier alpha value is -2.51. The Morgan fingerprint density at radius 1 is 1.19 bits per heavy atom. The third-order valence-electron chi connectivity index (χ3n) is 5.46. The average Bonchev–Trinajstić information content (AvgIpc) is 3.37. The average molecular weight is 384 g/mol. The number of amides is 2. The second kappa shape index (κ2) is 6.58. The van der Waals surface area contributed by atoms with Gasteiger partial charge in [-0.1, -0.05) is 36.4 Å². The quantitative estimate of drug-likeness (QED) is 0.645. The van der Waals surface area contributed by atoms with Crippen molar-refractivity contribution >= 4 is 29.1 Å². The molecule has 0 unspecified atom stereocenters. The molecule has 1 N–H and O–H groups in total. The zero-order chi connectivity index (χ0) is 19.2. The van der Waals surface area contributed by atoms with E-state index < -0.39 is 29.4 Å². The van der Waals surface area contributed by atoms with Crippen LogP contribution >= 0.6 is 11.3 Å². The standard InChI is InChI=1S/C20H20N2O4S/c1-3-26-19(25)20(12-8-5-4-6-9-12)15-14(17(23)22(2)18(15)24)16(21-20)13-10-7-11-27-13/h4-11,14-16,21H,3H2,1-2H3/t14-,15-,16+,20+/m0/s1. The van der Waals surface area contributed by atoms with Crippen LogP contribution in [-0.4, -0.2) is 36.3 Å². The van der Waals surface area contributed by atoms with Crippen molar-refractivity contribution in [1.29, 1.82) is 0 Å². The van der Waals surface area contributed by atoms with Crippen LogP contribution in [0.3, 0.4) is 0 Å². The van der Waals surface area contributed by atoms with Gasteiger partial charge in [-0.25, -0.2) is 4.79 Å². The maximum Gasteiger partial charge on any atom is 0.331 e. The molecule has 2 aliphatic rings. The predicted molar refractivity (Wildman–Crippen MR) is 99.7 cm³/mol. The molecule has 2 amide bonds. The maximum atomic E-state index is 13.2. The van der Waals surface area contributed by atoms with Crippen molar-refractivity contribution in [2.45, 2.75) is 18.5 Å². The van der Waals surface area contributed by atoms with Gasteiger partial charge in [0.25, 0.3) is 0 Å².